The molecule has 0 fully saturated rings. The van der Waals surface area contributed by atoms with Gasteiger partial charge in [-0.15, -0.1) is 0 Å². The molecule has 4 N–H and O–H groups in total. The monoisotopic (exact) mass is 768 g/mol. The Balaban J connectivity index is -0.000000835. The first-order valence-electron chi connectivity index (χ1n) is 24.6. The second-order valence-corrected chi connectivity index (χ2v) is 16.5. The molecule has 0 spiro atoms. The number of unbranched alkanes of at least 4 members (excludes halogenated alkanes) is 38. The molecule has 5 heteroatoms. The van der Waals surface area contributed by atoms with Gasteiger partial charge in [-0.2, -0.15) is 0 Å². The fourth-order valence-electron chi connectivity index (χ4n) is 7.10. The second-order valence-electron chi connectivity index (χ2n) is 16.5. The zero-order valence-electron chi connectivity index (χ0n) is 37.4. The van der Waals surface area contributed by atoms with Crippen LogP contribution in [0.5, 0.6) is 0 Å². The lowest BCUT2D eigenvalue weighted by Crippen LogP contribution is -1.96. The zero-order valence-corrected chi connectivity index (χ0v) is 37.4. The van der Waals surface area contributed by atoms with E-state index in [-0.39, 0.29) is 0 Å². The molecule has 54 heavy (non-hydrogen) atoms. The van der Waals surface area contributed by atoms with Gasteiger partial charge in [0.1, 0.15) is 0 Å². The molecule has 0 bridgehead atoms. The van der Waals surface area contributed by atoms with Crippen LogP contribution in [-0.4, -0.2) is 28.7 Å². The molecule has 0 unspecified atom stereocenters. The third-order valence-electron chi connectivity index (χ3n) is 10.8. The zero-order chi connectivity index (χ0) is 40.3. The van der Waals surface area contributed by atoms with Crippen molar-refractivity contribution in [1.29, 1.82) is 0 Å². The Morgan fingerprint density at radius 3 is 0.556 bits per heavy atom. The van der Waals surface area contributed by atoms with Crippen LogP contribution in [0.4, 0.5) is 0 Å². The molecule has 0 rings (SSSR count). The fraction of sp³-hybridized carbons (Fsp3) is 0.959. The Morgan fingerprint density at radius 1 is 0.278 bits per heavy atom. The maximum atomic E-state index is 10.4. The van der Waals surface area contributed by atoms with E-state index in [1.807, 2.05) is 0 Å². The van der Waals surface area contributed by atoms with Crippen molar-refractivity contribution in [2.75, 3.05) is 6.54 Å². The Bertz CT molecular complexity index is 614. The first-order chi connectivity index (χ1) is 26.5. The van der Waals surface area contributed by atoms with Gasteiger partial charge in [0.2, 0.25) is 0 Å². The van der Waals surface area contributed by atoms with E-state index in [4.69, 9.17) is 15.9 Å². The van der Waals surface area contributed by atoms with E-state index in [0.29, 0.717) is 12.8 Å². The van der Waals surface area contributed by atoms with Gasteiger partial charge in [-0.05, 0) is 25.8 Å². The fourth-order valence-corrected chi connectivity index (χ4v) is 7.10. The molecule has 0 saturated heterocycles. The number of hydrogen-bond acceptors (Lipinski definition) is 3. The van der Waals surface area contributed by atoms with Crippen LogP contribution in [0.15, 0.2) is 0 Å². The molecule has 0 aromatic carbocycles. The quantitative estimate of drug-likeness (QED) is 0.0536. The van der Waals surface area contributed by atoms with E-state index in [2.05, 4.69) is 20.8 Å². The first kappa shape index (κ1) is 57.2. The molecule has 0 radical (unpaired) electrons. The summed E-state index contributed by atoms with van der Waals surface area (Å²) in [5.41, 5.74) is 5.21. The summed E-state index contributed by atoms with van der Waals surface area (Å²) in [7, 11) is 0. The van der Waals surface area contributed by atoms with E-state index in [0.717, 1.165) is 32.2 Å². The van der Waals surface area contributed by atoms with Crippen LogP contribution in [0.1, 0.15) is 297 Å². The van der Waals surface area contributed by atoms with Gasteiger partial charge in [0.15, 0.2) is 0 Å². The number of nitrogens with two attached hydrogens (primary N) is 1. The summed E-state index contributed by atoms with van der Waals surface area (Å²) in [5.74, 6) is -1.30. The minimum absolute atomic E-state index is 0.346. The van der Waals surface area contributed by atoms with Gasteiger partial charge in [0, 0.05) is 12.8 Å². The van der Waals surface area contributed by atoms with Crippen LogP contribution < -0.4 is 5.73 Å². The van der Waals surface area contributed by atoms with Gasteiger partial charge in [-0.25, -0.2) is 0 Å². The average Bonchev–Trinajstić information content (AvgIpc) is 3.16. The smallest absolute Gasteiger partial charge is 0.303 e. The highest BCUT2D eigenvalue weighted by Gasteiger charge is 1.99. The van der Waals surface area contributed by atoms with E-state index in [1.54, 1.807) is 0 Å². The lowest BCUT2D eigenvalue weighted by molar-refractivity contribution is -0.138. The van der Waals surface area contributed by atoms with Gasteiger partial charge >= 0.3 is 11.9 Å². The number of carboxylic acid groups (broad SMARTS) is 2. The third-order valence-corrected chi connectivity index (χ3v) is 10.8. The predicted octanol–water partition coefficient (Wildman–Crippen LogP) is 16.9. The highest BCUT2D eigenvalue weighted by atomic mass is 16.4. The third kappa shape index (κ3) is 65.8. The molecular weight excluding hydrogens is 667 g/mol. The molecule has 0 aliphatic rings. The molecule has 0 aliphatic carbocycles. The van der Waals surface area contributed by atoms with Crippen molar-refractivity contribution in [3.05, 3.63) is 0 Å². The summed E-state index contributed by atoms with van der Waals surface area (Å²) in [6.07, 6.45) is 55.9. The minimum Gasteiger partial charge on any atom is -0.481 e. The van der Waals surface area contributed by atoms with Crippen molar-refractivity contribution in [3.63, 3.8) is 0 Å². The van der Waals surface area contributed by atoms with Crippen LogP contribution in [-0.2, 0) is 9.59 Å². The van der Waals surface area contributed by atoms with Gasteiger partial charge in [-0.1, -0.05) is 265 Å². The minimum atomic E-state index is -0.651. The van der Waals surface area contributed by atoms with Crippen molar-refractivity contribution in [2.45, 2.75) is 297 Å². The molecule has 0 saturated carbocycles. The molecule has 0 aromatic heterocycles. The van der Waals surface area contributed by atoms with Crippen molar-refractivity contribution < 1.29 is 19.8 Å². The number of aliphatic carboxylic acids is 2. The Kier molecular flexibility index (Phi) is 59.6. The van der Waals surface area contributed by atoms with Crippen molar-refractivity contribution >= 4 is 11.9 Å². The summed E-state index contributed by atoms with van der Waals surface area (Å²) in [6, 6.07) is 0. The van der Waals surface area contributed by atoms with Crippen molar-refractivity contribution in [1.82, 2.24) is 0 Å². The standard InChI is InChI=1S/2C22H44O2.C5H13N/c2*1-2-3-4-5-6-7-8-9-10-11-12-13-14-15-16-17-18-19-20-21-22(23)24;1-2-3-4-5-6/h2*2-21H2,1H3,(H,23,24);2-6H2,1H3. The summed E-state index contributed by atoms with van der Waals surface area (Å²) >= 11 is 0. The highest BCUT2D eigenvalue weighted by molar-refractivity contribution is 5.66. The topological polar surface area (TPSA) is 101 Å². The lowest BCUT2D eigenvalue weighted by Gasteiger charge is -2.03. The SMILES string of the molecule is CCCCCCCCCCCCCCCCCCCCCC(=O)O.CCCCCCCCCCCCCCCCCCCCCC(=O)O.CCCCCN. The average molecular weight is 768 g/mol. The molecule has 0 aromatic rings. The number of rotatable bonds is 43. The van der Waals surface area contributed by atoms with E-state index in [9.17, 15) is 9.59 Å². The van der Waals surface area contributed by atoms with Crippen LogP contribution in [0, 0.1) is 0 Å². The van der Waals surface area contributed by atoms with Crippen LogP contribution in [0.3, 0.4) is 0 Å². The first-order valence-corrected chi connectivity index (χ1v) is 24.6. The summed E-state index contributed by atoms with van der Waals surface area (Å²) < 4.78 is 0. The molecule has 0 atom stereocenters. The molecular formula is C49H101NO4. The molecule has 326 valence electrons. The second kappa shape index (κ2) is 56.2. The van der Waals surface area contributed by atoms with Crippen molar-refractivity contribution in [2.24, 2.45) is 5.73 Å². The Hall–Kier alpha value is -1.10. The van der Waals surface area contributed by atoms with Gasteiger partial charge in [0.05, 0.1) is 0 Å². The van der Waals surface area contributed by atoms with E-state index in [1.165, 1.54) is 238 Å². The lowest BCUT2D eigenvalue weighted by atomic mass is 10.0. The summed E-state index contributed by atoms with van der Waals surface area (Å²) in [5, 5.41) is 17.1. The number of hydrogen-bond donors (Lipinski definition) is 3. The summed E-state index contributed by atoms with van der Waals surface area (Å²) in [6.45, 7) is 7.60. The molecule has 5 nitrogen and oxygen atoms in total. The maximum Gasteiger partial charge on any atom is 0.303 e. The van der Waals surface area contributed by atoms with E-state index < -0.39 is 11.9 Å². The molecule has 0 aliphatic heterocycles. The summed E-state index contributed by atoms with van der Waals surface area (Å²) in [4.78, 5) is 20.8. The largest absolute Gasteiger partial charge is 0.481 e. The normalized spacial score (nSPS) is 10.8. The molecule has 0 heterocycles. The van der Waals surface area contributed by atoms with Crippen molar-refractivity contribution in [3.8, 4) is 0 Å². The number of carboxylic acids is 2. The maximum absolute atomic E-state index is 10.4. The van der Waals surface area contributed by atoms with Gasteiger partial charge < -0.3 is 15.9 Å². The van der Waals surface area contributed by atoms with E-state index >= 15 is 0 Å². The van der Waals surface area contributed by atoms with Gasteiger partial charge in [-0.3, -0.25) is 9.59 Å². The Labute approximate surface area is 340 Å². The predicted molar refractivity (Wildman–Crippen MR) is 240 cm³/mol. The molecule has 0 amide bonds. The number of carbonyl (C=O) groups is 2. The Morgan fingerprint density at radius 2 is 0.426 bits per heavy atom. The van der Waals surface area contributed by atoms with Crippen LogP contribution in [0.25, 0.3) is 0 Å². The van der Waals surface area contributed by atoms with Crippen LogP contribution in [0.2, 0.25) is 0 Å². The highest BCUT2D eigenvalue weighted by Crippen LogP contribution is 2.16. The van der Waals surface area contributed by atoms with Crippen LogP contribution >= 0.6 is 0 Å². The van der Waals surface area contributed by atoms with Gasteiger partial charge in [0.25, 0.3) is 0 Å².